The van der Waals surface area contributed by atoms with Crippen LogP contribution >= 0.6 is 0 Å². The second-order valence-electron chi connectivity index (χ2n) is 8.55. The van der Waals surface area contributed by atoms with Gasteiger partial charge in [0.05, 0.1) is 4.90 Å². The van der Waals surface area contributed by atoms with Gasteiger partial charge < -0.3 is 10.2 Å². The fourth-order valence-corrected chi connectivity index (χ4v) is 4.47. The topological polar surface area (TPSA) is 110 Å². The van der Waals surface area contributed by atoms with Crippen LogP contribution in [0.15, 0.2) is 59.5 Å². The van der Waals surface area contributed by atoms with Crippen molar-refractivity contribution >= 4 is 27.5 Å². The molecule has 2 aromatic carbocycles. The molecule has 1 unspecified atom stereocenters. The molecule has 1 aliphatic rings. The molecule has 2 aromatic rings. The number of hydrogen-bond acceptors (Lipinski definition) is 4. The SMILES string of the molecule is CC(CCc1ccccc1)CC(=O)N1CCC(C(=O)Nc2ccc(S(N)(=O)=O)cc2)CC1. The van der Waals surface area contributed by atoms with Crippen LogP contribution in [0, 0.1) is 11.8 Å². The number of aryl methyl sites for hydroxylation is 1. The third kappa shape index (κ3) is 6.90. The number of nitrogens with one attached hydrogen (secondary N) is 1. The number of rotatable bonds is 8. The van der Waals surface area contributed by atoms with Crippen molar-refractivity contribution < 1.29 is 18.0 Å². The molecular formula is C24H31N3O4S. The molecule has 32 heavy (non-hydrogen) atoms. The number of piperidine rings is 1. The van der Waals surface area contributed by atoms with Crippen molar-refractivity contribution in [2.45, 2.75) is 43.9 Å². The second-order valence-corrected chi connectivity index (χ2v) is 10.1. The minimum Gasteiger partial charge on any atom is -0.343 e. The molecule has 172 valence electrons. The smallest absolute Gasteiger partial charge is 0.238 e. The Morgan fingerprint density at radius 2 is 1.69 bits per heavy atom. The maximum atomic E-state index is 12.7. The zero-order chi connectivity index (χ0) is 23.1. The predicted molar refractivity (Wildman–Crippen MR) is 124 cm³/mol. The van der Waals surface area contributed by atoms with Crippen LogP contribution in [0.1, 0.15) is 38.2 Å². The fraction of sp³-hybridized carbons (Fsp3) is 0.417. The van der Waals surface area contributed by atoms with E-state index < -0.39 is 10.0 Å². The van der Waals surface area contributed by atoms with Crippen LogP contribution in [0.5, 0.6) is 0 Å². The van der Waals surface area contributed by atoms with Crippen LogP contribution in [0.2, 0.25) is 0 Å². The zero-order valence-corrected chi connectivity index (χ0v) is 19.2. The Kier molecular flexibility index (Phi) is 8.04. The highest BCUT2D eigenvalue weighted by atomic mass is 32.2. The summed E-state index contributed by atoms with van der Waals surface area (Å²) in [7, 11) is -3.76. The molecule has 0 bridgehead atoms. The van der Waals surface area contributed by atoms with Crippen LogP contribution < -0.4 is 10.5 Å². The molecule has 1 fully saturated rings. The van der Waals surface area contributed by atoms with Crippen molar-refractivity contribution in [3.05, 3.63) is 60.2 Å². The summed E-state index contributed by atoms with van der Waals surface area (Å²) in [5.74, 6) is 0.177. The van der Waals surface area contributed by atoms with E-state index in [0.29, 0.717) is 44.0 Å². The van der Waals surface area contributed by atoms with Crippen molar-refractivity contribution in [3.8, 4) is 0 Å². The Balaban J connectivity index is 1.41. The molecule has 8 heteroatoms. The largest absolute Gasteiger partial charge is 0.343 e. The van der Waals surface area contributed by atoms with Crippen molar-refractivity contribution in [2.75, 3.05) is 18.4 Å². The molecule has 1 saturated heterocycles. The van der Waals surface area contributed by atoms with Gasteiger partial charge in [-0.15, -0.1) is 0 Å². The molecule has 1 heterocycles. The van der Waals surface area contributed by atoms with Crippen molar-refractivity contribution in [1.82, 2.24) is 4.90 Å². The van der Waals surface area contributed by atoms with E-state index in [1.54, 1.807) is 0 Å². The Morgan fingerprint density at radius 1 is 1.06 bits per heavy atom. The molecule has 2 amide bonds. The lowest BCUT2D eigenvalue weighted by Gasteiger charge is -2.32. The van der Waals surface area contributed by atoms with Gasteiger partial charge in [-0.1, -0.05) is 37.3 Å². The maximum Gasteiger partial charge on any atom is 0.238 e. The molecule has 7 nitrogen and oxygen atoms in total. The number of nitrogens with zero attached hydrogens (tertiary/aromatic N) is 1. The first-order chi connectivity index (χ1) is 15.2. The molecule has 0 saturated carbocycles. The summed E-state index contributed by atoms with van der Waals surface area (Å²) in [5.41, 5.74) is 1.81. The van der Waals surface area contributed by atoms with Gasteiger partial charge >= 0.3 is 0 Å². The minimum absolute atomic E-state index is 0.000293. The molecule has 0 spiro atoms. The monoisotopic (exact) mass is 457 g/mol. The average Bonchev–Trinajstić information content (AvgIpc) is 2.78. The molecule has 0 aliphatic carbocycles. The number of benzene rings is 2. The Labute approximate surface area is 190 Å². The van der Waals surface area contributed by atoms with Gasteiger partial charge in [0.1, 0.15) is 0 Å². The summed E-state index contributed by atoms with van der Waals surface area (Å²) in [5, 5.41) is 7.91. The fourth-order valence-electron chi connectivity index (χ4n) is 3.95. The van der Waals surface area contributed by atoms with Gasteiger partial charge in [-0.05, 0) is 61.4 Å². The molecule has 0 aromatic heterocycles. The highest BCUT2D eigenvalue weighted by molar-refractivity contribution is 7.89. The van der Waals surface area contributed by atoms with E-state index in [4.69, 9.17) is 5.14 Å². The number of likely N-dealkylation sites (tertiary alicyclic amines) is 1. The average molecular weight is 458 g/mol. The molecular weight excluding hydrogens is 426 g/mol. The van der Waals surface area contributed by atoms with E-state index in [0.717, 1.165) is 12.8 Å². The number of anilines is 1. The number of hydrogen-bond donors (Lipinski definition) is 2. The van der Waals surface area contributed by atoms with Gasteiger partial charge in [-0.2, -0.15) is 0 Å². The van der Waals surface area contributed by atoms with Crippen LogP contribution in [0.4, 0.5) is 5.69 Å². The lowest BCUT2D eigenvalue weighted by Crippen LogP contribution is -2.41. The van der Waals surface area contributed by atoms with E-state index >= 15 is 0 Å². The number of carbonyl (C=O) groups is 2. The lowest BCUT2D eigenvalue weighted by molar-refractivity contribution is -0.135. The lowest BCUT2D eigenvalue weighted by atomic mass is 9.94. The summed E-state index contributed by atoms with van der Waals surface area (Å²) in [6.45, 7) is 3.27. The first-order valence-corrected chi connectivity index (χ1v) is 12.5. The summed E-state index contributed by atoms with van der Waals surface area (Å²) in [6.07, 6.45) is 3.70. The number of nitrogens with two attached hydrogens (primary N) is 1. The van der Waals surface area contributed by atoms with Crippen molar-refractivity contribution in [1.29, 1.82) is 0 Å². The van der Waals surface area contributed by atoms with E-state index in [1.165, 1.54) is 29.8 Å². The van der Waals surface area contributed by atoms with Crippen LogP contribution in [-0.2, 0) is 26.0 Å². The summed E-state index contributed by atoms with van der Waals surface area (Å²) in [4.78, 5) is 27.1. The molecule has 3 rings (SSSR count). The quantitative estimate of drug-likeness (QED) is 0.634. The van der Waals surface area contributed by atoms with Gasteiger partial charge in [0.2, 0.25) is 21.8 Å². The van der Waals surface area contributed by atoms with E-state index in [1.807, 2.05) is 23.1 Å². The number of sulfonamides is 1. The molecule has 0 radical (unpaired) electrons. The van der Waals surface area contributed by atoms with Gasteiger partial charge in [-0.3, -0.25) is 9.59 Å². The molecule has 1 aliphatic heterocycles. The van der Waals surface area contributed by atoms with Crippen LogP contribution in [0.3, 0.4) is 0 Å². The van der Waals surface area contributed by atoms with Crippen LogP contribution in [-0.4, -0.2) is 38.2 Å². The van der Waals surface area contributed by atoms with E-state index in [2.05, 4.69) is 24.4 Å². The van der Waals surface area contributed by atoms with Gasteiger partial charge in [0, 0.05) is 31.1 Å². The summed E-state index contributed by atoms with van der Waals surface area (Å²) >= 11 is 0. The standard InChI is InChI=1S/C24H31N3O4S/c1-18(7-8-19-5-3-2-4-6-19)17-23(28)27-15-13-20(14-16-27)24(29)26-21-9-11-22(12-10-21)32(25,30)31/h2-6,9-12,18,20H,7-8,13-17H2,1H3,(H,26,29)(H2,25,30,31). The normalized spacial score (nSPS) is 15.9. The van der Waals surface area contributed by atoms with Gasteiger partial charge in [-0.25, -0.2) is 13.6 Å². The number of primary sulfonamides is 1. The molecule has 1 atom stereocenters. The summed E-state index contributed by atoms with van der Waals surface area (Å²) in [6, 6.07) is 16.1. The van der Waals surface area contributed by atoms with Crippen molar-refractivity contribution in [3.63, 3.8) is 0 Å². The maximum absolute atomic E-state index is 12.7. The highest BCUT2D eigenvalue weighted by Crippen LogP contribution is 2.22. The van der Waals surface area contributed by atoms with Gasteiger partial charge in [0.15, 0.2) is 0 Å². The third-order valence-corrected chi connectivity index (χ3v) is 6.89. The number of amides is 2. The highest BCUT2D eigenvalue weighted by Gasteiger charge is 2.28. The second kappa shape index (κ2) is 10.7. The first kappa shape index (κ1) is 23.9. The first-order valence-electron chi connectivity index (χ1n) is 11.0. The Morgan fingerprint density at radius 3 is 2.28 bits per heavy atom. The van der Waals surface area contributed by atoms with E-state index in [-0.39, 0.29) is 22.6 Å². The Hall–Kier alpha value is -2.71. The third-order valence-electron chi connectivity index (χ3n) is 5.96. The summed E-state index contributed by atoms with van der Waals surface area (Å²) < 4.78 is 22.7. The molecule has 3 N–H and O–H groups in total. The Bertz CT molecular complexity index is 1010. The van der Waals surface area contributed by atoms with E-state index in [9.17, 15) is 18.0 Å². The zero-order valence-electron chi connectivity index (χ0n) is 18.4. The number of carbonyl (C=O) groups excluding carboxylic acids is 2. The van der Waals surface area contributed by atoms with Crippen molar-refractivity contribution in [2.24, 2.45) is 17.0 Å². The predicted octanol–water partition coefficient (Wildman–Crippen LogP) is 3.17. The van der Waals surface area contributed by atoms with Gasteiger partial charge in [0.25, 0.3) is 0 Å². The van der Waals surface area contributed by atoms with Crippen LogP contribution in [0.25, 0.3) is 0 Å². The minimum atomic E-state index is -3.76.